The summed E-state index contributed by atoms with van der Waals surface area (Å²) in [6.07, 6.45) is 3.07. The second-order valence-electron chi connectivity index (χ2n) is 8.05. The molecule has 6 aromatic rings. The van der Waals surface area contributed by atoms with Crippen molar-refractivity contribution in [3.05, 3.63) is 79.1 Å². The minimum Gasteiger partial charge on any atom is -0.402 e. The molecule has 0 radical (unpaired) electrons. The van der Waals surface area contributed by atoms with E-state index < -0.39 is 5.63 Å². The van der Waals surface area contributed by atoms with Crippen LogP contribution in [0.15, 0.2) is 56.2 Å². The monoisotopic (exact) mass is 492 g/mol. The Bertz CT molecular complexity index is 1880. The molecule has 0 amide bonds. The quantitative estimate of drug-likeness (QED) is 0.355. The Kier molecular flexibility index (Phi) is 4.80. The summed E-state index contributed by atoms with van der Waals surface area (Å²) in [4.78, 5) is 34.7. The number of benzene rings is 1. The van der Waals surface area contributed by atoms with Crippen molar-refractivity contribution in [3.63, 3.8) is 0 Å². The molecule has 0 bridgehead atoms. The predicted molar refractivity (Wildman–Crippen MR) is 133 cm³/mol. The number of thiophene rings is 1. The second-order valence-corrected chi connectivity index (χ2v) is 9.34. The first-order valence-electron chi connectivity index (χ1n) is 10.4. The average molecular weight is 493 g/mol. The molecule has 1 aromatic carbocycles. The van der Waals surface area contributed by atoms with E-state index in [9.17, 15) is 9.59 Å². The van der Waals surface area contributed by atoms with Crippen LogP contribution in [0.5, 0.6) is 0 Å². The zero-order valence-corrected chi connectivity index (χ0v) is 19.7. The molecule has 8 nitrogen and oxygen atoms in total. The molecule has 0 saturated carbocycles. The fourth-order valence-corrected chi connectivity index (χ4v) is 5.55. The average Bonchev–Trinajstić information content (AvgIpc) is 3.37. The van der Waals surface area contributed by atoms with E-state index in [1.807, 2.05) is 41.1 Å². The van der Waals surface area contributed by atoms with Gasteiger partial charge in [0, 0.05) is 40.1 Å². The molecule has 6 rings (SSSR count). The molecule has 10 heteroatoms. The van der Waals surface area contributed by atoms with Gasteiger partial charge in [0.15, 0.2) is 0 Å². The Morgan fingerprint density at radius 2 is 2.06 bits per heavy atom. The number of rotatable bonds is 4. The zero-order valence-electron chi connectivity index (χ0n) is 18.2. The van der Waals surface area contributed by atoms with E-state index in [0.29, 0.717) is 27.3 Å². The third-order valence-electron chi connectivity index (χ3n) is 5.98. The molecule has 34 heavy (non-hydrogen) atoms. The molecule has 0 spiro atoms. The maximum absolute atomic E-state index is 13.2. The number of methoxy groups -OCH3 is 1. The third-order valence-corrected chi connectivity index (χ3v) is 7.40. The van der Waals surface area contributed by atoms with Gasteiger partial charge in [0.2, 0.25) is 5.71 Å². The first-order valence-corrected chi connectivity index (χ1v) is 11.7. The summed E-state index contributed by atoms with van der Waals surface area (Å²) < 4.78 is 14.5. The van der Waals surface area contributed by atoms with Crippen LogP contribution in [0.1, 0.15) is 11.1 Å². The second kappa shape index (κ2) is 7.76. The highest BCUT2D eigenvalue weighted by molar-refractivity contribution is 7.17. The highest BCUT2D eigenvalue weighted by atomic mass is 35.5. The first-order chi connectivity index (χ1) is 16.5. The fourth-order valence-electron chi connectivity index (χ4n) is 4.43. The molecule has 5 aromatic heterocycles. The molecular weight excluding hydrogens is 476 g/mol. The SMILES string of the molecule is COCn1cnc2c(Cn3c4cc(Cl)c(C)cc4c4c5cccnc5oc(=O)c43)csc2c1=O. The molecule has 170 valence electrons. The van der Waals surface area contributed by atoms with Gasteiger partial charge in [-0.15, -0.1) is 11.3 Å². The summed E-state index contributed by atoms with van der Waals surface area (Å²) in [5, 5.41) is 4.90. The van der Waals surface area contributed by atoms with E-state index in [2.05, 4.69) is 9.97 Å². The van der Waals surface area contributed by atoms with Crippen molar-refractivity contribution in [1.82, 2.24) is 19.1 Å². The number of hydrogen-bond acceptors (Lipinski definition) is 7. The number of halogens is 1. The van der Waals surface area contributed by atoms with Crippen LogP contribution < -0.4 is 11.2 Å². The van der Waals surface area contributed by atoms with Gasteiger partial charge < -0.3 is 13.7 Å². The maximum atomic E-state index is 13.2. The summed E-state index contributed by atoms with van der Waals surface area (Å²) >= 11 is 7.82. The lowest BCUT2D eigenvalue weighted by atomic mass is 10.1. The van der Waals surface area contributed by atoms with Crippen molar-refractivity contribution in [3.8, 4) is 0 Å². The van der Waals surface area contributed by atoms with Crippen LogP contribution in [0.3, 0.4) is 0 Å². The molecular formula is C24H17ClN4O4S. The molecule has 0 saturated heterocycles. The minimum atomic E-state index is -0.485. The van der Waals surface area contributed by atoms with Crippen molar-refractivity contribution in [2.75, 3.05) is 7.11 Å². The van der Waals surface area contributed by atoms with E-state index in [-0.39, 0.29) is 18.0 Å². The first kappa shape index (κ1) is 21.0. The van der Waals surface area contributed by atoms with Gasteiger partial charge in [-0.1, -0.05) is 11.6 Å². The van der Waals surface area contributed by atoms with E-state index in [0.717, 1.165) is 32.8 Å². The van der Waals surface area contributed by atoms with Crippen molar-refractivity contribution < 1.29 is 9.15 Å². The van der Waals surface area contributed by atoms with Crippen molar-refractivity contribution in [2.24, 2.45) is 0 Å². The topological polar surface area (TPSA) is 92.2 Å². The molecule has 0 fully saturated rings. The van der Waals surface area contributed by atoms with Gasteiger partial charge in [-0.3, -0.25) is 9.36 Å². The fraction of sp³-hybridized carbons (Fsp3) is 0.167. The smallest absolute Gasteiger partial charge is 0.362 e. The van der Waals surface area contributed by atoms with Gasteiger partial charge in [-0.25, -0.2) is 14.8 Å². The molecule has 0 aliphatic rings. The van der Waals surface area contributed by atoms with Crippen molar-refractivity contribution >= 4 is 66.1 Å². The van der Waals surface area contributed by atoms with Crippen LogP contribution in [0.25, 0.3) is 43.1 Å². The van der Waals surface area contributed by atoms with Gasteiger partial charge >= 0.3 is 5.63 Å². The normalized spacial score (nSPS) is 12.0. The van der Waals surface area contributed by atoms with Gasteiger partial charge in [0.05, 0.1) is 17.6 Å². The lowest BCUT2D eigenvalue weighted by molar-refractivity contribution is 0.128. The summed E-state index contributed by atoms with van der Waals surface area (Å²) in [5.41, 5.74) is 3.17. The van der Waals surface area contributed by atoms with Crippen LogP contribution >= 0.6 is 22.9 Å². The van der Waals surface area contributed by atoms with Crippen molar-refractivity contribution in [2.45, 2.75) is 20.2 Å². The van der Waals surface area contributed by atoms with Crippen LogP contribution in [-0.4, -0.2) is 26.2 Å². The summed E-state index contributed by atoms with van der Waals surface area (Å²) in [6.45, 7) is 2.37. The van der Waals surface area contributed by atoms with E-state index in [1.165, 1.54) is 29.3 Å². The highest BCUT2D eigenvalue weighted by Crippen LogP contribution is 2.36. The number of nitrogens with zero attached hydrogens (tertiary/aromatic N) is 4. The number of ether oxygens (including phenoxy) is 1. The predicted octanol–water partition coefficient (Wildman–Crippen LogP) is 4.68. The molecule has 0 atom stereocenters. The molecule has 0 unspecified atom stereocenters. The van der Waals surface area contributed by atoms with Crippen LogP contribution in [0, 0.1) is 6.92 Å². The third kappa shape index (κ3) is 3.01. The summed E-state index contributed by atoms with van der Waals surface area (Å²) in [6, 6.07) is 7.55. The number of hydrogen-bond donors (Lipinski definition) is 0. The Labute approximate surface area is 200 Å². The zero-order chi connectivity index (χ0) is 23.6. The summed E-state index contributed by atoms with van der Waals surface area (Å²) in [7, 11) is 1.52. The maximum Gasteiger partial charge on any atom is 0.362 e. The minimum absolute atomic E-state index is 0.127. The number of aromatic nitrogens is 4. The van der Waals surface area contributed by atoms with Gasteiger partial charge in [-0.05, 0) is 42.1 Å². The van der Waals surface area contributed by atoms with Gasteiger partial charge in [-0.2, -0.15) is 0 Å². The number of aryl methyl sites for hydroxylation is 1. The van der Waals surface area contributed by atoms with E-state index in [1.54, 1.807) is 6.20 Å². The Morgan fingerprint density at radius 1 is 1.21 bits per heavy atom. The van der Waals surface area contributed by atoms with E-state index >= 15 is 0 Å². The van der Waals surface area contributed by atoms with Crippen LogP contribution in [0.2, 0.25) is 5.02 Å². The summed E-state index contributed by atoms with van der Waals surface area (Å²) in [5.74, 6) is 0. The lowest BCUT2D eigenvalue weighted by Crippen LogP contribution is -2.20. The standard InChI is InChI=1S/C24H17ClN4O4S/c1-12-6-15-17(7-16(12)25)29(20-18(15)14-4-3-5-26-22(14)33-24(20)31)8-13-9-34-21-19(13)27-10-28(11-32-2)23(21)30/h3-7,9-10H,8,11H2,1-2H3. The molecule has 5 heterocycles. The van der Waals surface area contributed by atoms with Crippen LogP contribution in [-0.2, 0) is 18.0 Å². The molecule has 0 aliphatic heterocycles. The Hall–Kier alpha value is -3.53. The Morgan fingerprint density at radius 3 is 2.88 bits per heavy atom. The van der Waals surface area contributed by atoms with Gasteiger partial charge in [0.1, 0.15) is 23.3 Å². The largest absolute Gasteiger partial charge is 0.402 e. The molecule has 0 aliphatic carbocycles. The molecule has 0 N–H and O–H groups in total. The Balaban J connectivity index is 1.67. The highest BCUT2D eigenvalue weighted by Gasteiger charge is 2.21. The number of pyridine rings is 1. The van der Waals surface area contributed by atoms with E-state index in [4.69, 9.17) is 20.8 Å². The van der Waals surface area contributed by atoms with Crippen molar-refractivity contribution in [1.29, 1.82) is 0 Å². The number of fused-ring (bicyclic) bond motifs is 6. The van der Waals surface area contributed by atoms with Gasteiger partial charge in [0.25, 0.3) is 5.56 Å². The van der Waals surface area contributed by atoms with Crippen LogP contribution in [0.4, 0.5) is 0 Å². The lowest BCUT2D eigenvalue weighted by Gasteiger charge is -2.08.